The van der Waals surface area contributed by atoms with E-state index in [9.17, 15) is 0 Å². The fourth-order valence-electron chi connectivity index (χ4n) is 4.41. The molecule has 0 spiro atoms. The average Bonchev–Trinajstić information content (AvgIpc) is 3.47. The average molecular weight is 502 g/mol. The maximum Gasteiger partial charge on any atom is 0.228 e. The van der Waals surface area contributed by atoms with Crippen LogP contribution in [0.15, 0.2) is 54.0 Å². The summed E-state index contributed by atoms with van der Waals surface area (Å²) in [6.45, 7) is 1.77. The molecule has 0 atom stereocenters. The molecule has 0 aliphatic heterocycles. The quantitative estimate of drug-likeness (QED) is 0.283. The van der Waals surface area contributed by atoms with Crippen molar-refractivity contribution in [1.29, 1.82) is 0 Å². The first-order valence-corrected chi connectivity index (χ1v) is 12.6. The first-order valence-electron chi connectivity index (χ1n) is 11.8. The number of rotatable bonds is 8. The number of hydrogen-bond acceptors (Lipinski definition) is 8. The number of nitrogens with zero attached hydrogens (tertiary/aromatic N) is 5. The van der Waals surface area contributed by atoms with Crippen LogP contribution in [0.3, 0.4) is 0 Å². The van der Waals surface area contributed by atoms with Gasteiger partial charge in [-0.3, -0.25) is 0 Å². The van der Waals surface area contributed by atoms with Crippen LogP contribution in [0.5, 0.6) is 5.75 Å². The Labute approximate surface area is 214 Å². The van der Waals surface area contributed by atoms with E-state index in [0.29, 0.717) is 17.4 Å². The van der Waals surface area contributed by atoms with Crippen molar-refractivity contribution in [2.45, 2.75) is 0 Å². The molecule has 0 saturated heterocycles. The standard InChI is InChI=1S/C27H31N7OS/c1-32(2)11-12-33(3)23-15-24(35-5)21(14-19(23)28)30-27-29-20-10-13-36-26(20)25(31-27)18-16-34(4)22-9-7-6-8-17(18)22/h6-10,13-16H,11-12,28H2,1-5H3,(H,29,30,31). The van der Waals surface area contributed by atoms with Crippen molar-refractivity contribution < 1.29 is 4.74 Å². The molecule has 8 nitrogen and oxygen atoms in total. The Morgan fingerprint density at radius 2 is 1.89 bits per heavy atom. The largest absolute Gasteiger partial charge is 0.494 e. The van der Waals surface area contributed by atoms with Gasteiger partial charge in [0.05, 0.1) is 40.1 Å². The summed E-state index contributed by atoms with van der Waals surface area (Å²) < 4.78 is 8.92. The summed E-state index contributed by atoms with van der Waals surface area (Å²) in [4.78, 5) is 14.0. The molecule has 0 saturated carbocycles. The Morgan fingerprint density at radius 3 is 2.67 bits per heavy atom. The molecule has 3 aromatic heterocycles. The molecule has 0 bridgehead atoms. The van der Waals surface area contributed by atoms with E-state index in [1.807, 2.05) is 25.2 Å². The van der Waals surface area contributed by atoms with Crippen LogP contribution in [0.25, 0.3) is 32.4 Å². The lowest BCUT2D eigenvalue weighted by Gasteiger charge is -2.24. The highest BCUT2D eigenvalue weighted by molar-refractivity contribution is 7.17. The number of aryl methyl sites for hydroxylation is 1. The van der Waals surface area contributed by atoms with Gasteiger partial charge in [-0.1, -0.05) is 18.2 Å². The lowest BCUT2D eigenvalue weighted by Crippen LogP contribution is -2.29. The summed E-state index contributed by atoms with van der Waals surface area (Å²) in [5.41, 5.74) is 12.8. The van der Waals surface area contributed by atoms with E-state index < -0.39 is 0 Å². The molecular formula is C27H31N7OS. The molecule has 3 heterocycles. The van der Waals surface area contributed by atoms with Gasteiger partial charge >= 0.3 is 0 Å². The maximum atomic E-state index is 6.47. The maximum absolute atomic E-state index is 6.47. The Kier molecular flexibility index (Phi) is 6.42. The number of nitrogens with two attached hydrogens (primary N) is 1. The lowest BCUT2D eigenvalue weighted by atomic mass is 10.1. The third-order valence-electron chi connectivity index (χ3n) is 6.34. The topological polar surface area (TPSA) is 84.5 Å². The smallest absolute Gasteiger partial charge is 0.228 e. The number of thiophene rings is 1. The number of benzene rings is 2. The molecule has 36 heavy (non-hydrogen) atoms. The lowest BCUT2D eigenvalue weighted by molar-refractivity contribution is 0.413. The molecule has 186 valence electrons. The van der Waals surface area contributed by atoms with E-state index in [4.69, 9.17) is 20.4 Å². The van der Waals surface area contributed by atoms with Gasteiger partial charge in [-0.15, -0.1) is 11.3 Å². The summed E-state index contributed by atoms with van der Waals surface area (Å²) in [5.74, 6) is 1.17. The highest BCUT2D eigenvalue weighted by atomic mass is 32.1. The normalized spacial score (nSPS) is 11.5. The minimum Gasteiger partial charge on any atom is -0.494 e. The van der Waals surface area contributed by atoms with Crippen molar-refractivity contribution in [3.8, 4) is 17.0 Å². The molecule has 0 aliphatic carbocycles. The Morgan fingerprint density at radius 1 is 1.08 bits per heavy atom. The summed E-state index contributed by atoms with van der Waals surface area (Å²) in [5, 5.41) is 6.58. The van der Waals surface area contributed by atoms with Crippen molar-refractivity contribution in [3.63, 3.8) is 0 Å². The molecule has 9 heteroatoms. The number of nitrogens with one attached hydrogen (secondary N) is 1. The number of para-hydroxylation sites is 1. The Bertz CT molecular complexity index is 1540. The molecule has 0 amide bonds. The highest BCUT2D eigenvalue weighted by Crippen LogP contribution is 2.39. The monoisotopic (exact) mass is 501 g/mol. The number of anilines is 4. The van der Waals surface area contributed by atoms with Gasteiger partial charge < -0.3 is 30.2 Å². The fourth-order valence-corrected chi connectivity index (χ4v) is 5.24. The van der Waals surface area contributed by atoms with Gasteiger partial charge in [0.25, 0.3) is 0 Å². The van der Waals surface area contributed by atoms with Gasteiger partial charge in [0, 0.05) is 55.9 Å². The number of methoxy groups -OCH3 is 1. The second-order valence-corrected chi connectivity index (χ2v) is 10.1. The zero-order valence-corrected chi connectivity index (χ0v) is 22.1. The molecule has 0 fully saturated rings. The van der Waals surface area contributed by atoms with Crippen LogP contribution in [0.4, 0.5) is 23.0 Å². The molecular weight excluding hydrogens is 470 g/mol. The third-order valence-corrected chi connectivity index (χ3v) is 7.26. The molecule has 3 N–H and O–H groups in total. The number of aromatic nitrogens is 3. The molecule has 5 rings (SSSR count). The van der Waals surface area contributed by atoms with Crippen molar-refractivity contribution in [2.24, 2.45) is 7.05 Å². The number of ether oxygens (including phenoxy) is 1. The Hall–Kier alpha value is -3.82. The fraction of sp³-hybridized carbons (Fsp3) is 0.259. The van der Waals surface area contributed by atoms with E-state index in [1.165, 1.54) is 0 Å². The molecule has 2 aromatic carbocycles. The van der Waals surface area contributed by atoms with E-state index in [1.54, 1.807) is 18.4 Å². The van der Waals surface area contributed by atoms with Crippen LogP contribution in [-0.4, -0.2) is 60.8 Å². The molecule has 0 unspecified atom stereocenters. The molecule has 0 aliphatic rings. The predicted octanol–water partition coefficient (Wildman–Crippen LogP) is 5.18. The van der Waals surface area contributed by atoms with E-state index in [2.05, 4.69) is 76.7 Å². The summed E-state index contributed by atoms with van der Waals surface area (Å²) in [6.07, 6.45) is 2.13. The van der Waals surface area contributed by atoms with Gasteiger partial charge in [0.2, 0.25) is 5.95 Å². The van der Waals surface area contributed by atoms with Crippen molar-refractivity contribution >= 4 is 55.5 Å². The van der Waals surface area contributed by atoms with Gasteiger partial charge in [0.1, 0.15) is 5.75 Å². The number of nitrogen functional groups attached to an aromatic ring is 1. The summed E-state index contributed by atoms with van der Waals surface area (Å²) in [7, 11) is 9.86. The van der Waals surface area contributed by atoms with Gasteiger partial charge in [-0.05, 0) is 37.7 Å². The minimum absolute atomic E-state index is 0.496. The minimum atomic E-state index is 0.496. The van der Waals surface area contributed by atoms with Gasteiger partial charge in [0.15, 0.2) is 0 Å². The summed E-state index contributed by atoms with van der Waals surface area (Å²) in [6, 6.07) is 14.2. The van der Waals surface area contributed by atoms with Crippen LogP contribution in [-0.2, 0) is 7.05 Å². The second kappa shape index (κ2) is 9.67. The van der Waals surface area contributed by atoms with Crippen LogP contribution in [0, 0.1) is 0 Å². The highest BCUT2D eigenvalue weighted by Gasteiger charge is 2.18. The first-order chi connectivity index (χ1) is 17.4. The van der Waals surface area contributed by atoms with Crippen LogP contribution >= 0.6 is 11.3 Å². The van der Waals surface area contributed by atoms with Crippen molar-refractivity contribution in [3.05, 3.63) is 54.0 Å². The van der Waals surface area contributed by atoms with E-state index in [0.717, 1.165) is 56.8 Å². The van der Waals surface area contributed by atoms with Crippen LogP contribution in [0.2, 0.25) is 0 Å². The van der Waals surface area contributed by atoms with Crippen LogP contribution < -0.4 is 20.7 Å². The third kappa shape index (κ3) is 4.43. The van der Waals surface area contributed by atoms with Crippen molar-refractivity contribution in [2.75, 3.05) is 57.3 Å². The number of fused-ring (bicyclic) bond motifs is 2. The number of hydrogen-bond donors (Lipinski definition) is 2. The van der Waals surface area contributed by atoms with Gasteiger partial charge in [-0.25, -0.2) is 9.97 Å². The van der Waals surface area contributed by atoms with E-state index in [-0.39, 0.29) is 0 Å². The Balaban J connectivity index is 1.55. The van der Waals surface area contributed by atoms with Gasteiger partial charge in [-0.2, -0.15) is 0 Å². The number of likely N-dealkylation sites (N-methyl/N-ethyl adjacent to an activating group) is 2. The second-order valence-electron chi connectivity index (χ2n) is 9.16. The first kappa shape index (κ1) is 23.9. The molecule has 5 aromatic rings. The zero-order chi connectivity index (χ0) is 25.4. The van der Waals surface area contributed by atoms with Crippen LogP contribution in [0.1, 0.15) is 0 Å². The predicted molar refractivity (Wildman–Crippen MR) is 152 cm³/mol. The SMILES string of the molecule is COc1cc(N(C)CCN(C)C)c(N)cc1Nc1nc(-c2cn(C)c3ccccc23)c2sccc2n1. The van der Waals surface area contributed by atoms with E-state index >= 15 is 0 Å². The zero-order valence-electron chi connectivity index (χ0n) is 21.2. The summed E-state index contributed by atoms with van der Waals surface area (Å²) >= 11 is 1.65. The molecule has 0 radical (unpaired) electrons. The van der Waals surface area contributed by atoms with Crippen molar-refractivity contribution in [1.82, 2.24) is 19.4 Å².